The van der Waals surface area contributed by atoms with E-state index in [1.807, 2.05) is 0 Å². The van der Waals surface area contributed by atoms with Crippen molar-refractivity contribution in [2.45, 2.75) is 32.5 Å². The van der Waals surface area contributed by atoms with E-state index >= 15 is 0 Å². The van der Waals surface area contributed by atoms with Gasteiger partial charge in [-0.3, -0.25) is 19.0 Å². The molecule has 1 aromatic carbocycles. The zero-order valence-corrected chi connectivity index (χ0v) is 17.8. The summed E-state index contributed by atoms with van der Waals surface area (Å²) in [6.45, 7) is 2.78. The number of aryl methyl sites for hydroxylation is 1. The molecule has 32 heavy (non-hydrogen) atoms. The molecule has 1 fully saturated rings. The van der Waals surface area contributed by atoms with E-state index in [-0.39, 0.29) is 28.4 Å². The maximum absolute atomic E-state index is 13.0. The van der Waals surface area contributed by atoms with Crippen LogP contribution in [0.4, 0.5) is 18.9 Å². The molecule has 7 nitrogen and oxygen atoms in total. The smallest absolute Gasteiger partial charge is 0.341 e. The fraction of sp³-hybridized carbons (Fsp3) is 0.333. The van der Waals surface area contributed by atoms with Crippen molar-refractivity contribution < 1.29 is 22.8 Å². The number of aromatic nitrogens is 2. The van der Waals surface area contributed by atoms with Crippen molar-refractivity contribution in [1.29, 1.82) is 0 Å². The highest BCUT2D eigenvalue weighted by molar-refractivity contribution is 7.20. The van der Waals surface area contributed by atoms with Crippen LogP contribution in [0.15, 0.2) is 35.4 Å². The molecule has 1 N–H and O–H groups in total. The average Bonchev–Trinajstić information content (AvgIpc) is 3.38. The minimum absolute atomic E-state index is 0.0109. The number of carbonyl (C=O) groups excluding carboxylic acids is 2. The largest absolute Gasteiger partial charge is 0.416 e. The third kappa shape index (κ3) is 4.24. The van der Waals surface area contributed by atoms with Crippen LogP contribution in [-0.2, 0) is 17.5 Å². The lowest BCUT2D eigenvalue weighted by atomic mass is 10.1. The number of rotatable bonds is 4. The number of thiophene rings is 1. The van der Waals surface area contributed by atoms with Gasteiger partial charge < -0.3 is 10.2 Å². The Hall–Kier alpha value is -3.21. The Morgan fingerprint density at radius 1 is 1.22 bits per heavy atom. The number of nitrogens with zero attached hydrogens (tertiary/aromatic N) is 3. The molecule has 168 valence electrons. The number of carbonyl (C=O) groups is 2. The number of amides is 2. The molecule has 11 heteroatoms. The van der Waals surface area contributed by atoms with Gasteiger partial charge in [-0.15, -0.1) is 11.3 Å². The van der Waals surface area contributed by atoms with Crippen molar-refractivity contribution in [3.8, 4) is 0 Å². The Kier molecular flexibility index (Phi) is 5.76. The van der Waals surface area contributed by atoms with Crippen LogP contribution in [0.25, 0.3) is 10.2 Å². The van der Waals surface area contributed by atoms with E-state index < -0.39 is 23.2 Å². The second-order valence-electron chi connectivity index (χ2n) is 7.53. The molecule has 0 saturated carbocycles. The van der Waals surface area contributed by atoms with Crippen LogP contribution in [0, 0.1) is 6.92 Å². The minimum Gasteiger partial charge on any atom is -0.341 e. The first-order valence-corrected chi connectivity index (χ1v) is 10.7. The Morgan fingerprint density at radius 3 is 2.62 bits per heavy atom. The predicted molar refractivity (Wildman–Crippen MR) is 114 cm³/mol. The summed E-state index contributed by atoms with van der Waals surface area (Å²) >= 11 is 0.974. The molecule has 1 aliphatic heterocycles. The number of anilines is 1. The van der Waals surface area contributed by atoms with Crippen molar-refractivity contribution in [2.75, 3.05) is 18.4 Å². The van der Waals surface area contributed by atoms with E-state index in [0.717, 1.165) is 36.3 Å². The van der Waals surface area contributed by atoms with E-state index in [2.05, 4.69) is 10.3 Å². The van der Waals surface area contributed by atoms with E-state index in [4.69, 9.17) is 0 Å². The highest BCUT2D eigenvalue weighted by atomic mass is 32.1. The van der Waals surface area contributed by atoms with E-state index in [9.17, 15) is 27.6 Å². The van der Waals surface area contributed by atoms with Gasteiger partial charge >= 0.3 is 6.18 Å². The molecule has 0 aliphatic carbocycles. The number of hydrogen-bond donors (Lipinski definition) is 1. The second-order valence-corrected chi connectivity index (χ2v) is 8.53. The fourth-order valence-corrected chi connectivity index (χ4v) is 4.70. The predicted octanol–water partition coefficient (Wildman–Crippen LogP) is 3.66. The number of nitrogens with one attached hydrogen (secondary N) is 1. The van der Waals surface area contributed by atoms with Crippen molar-refractivity contribution in [1.82, 2.24) is 14.5 Å². The zero-order chi connectivity index (χ0) is 23.0. The number of halogens is 3. The molecule has 0 spiro atoms. The maximum Gasteiger partial charge on any atom is 0.416 e. The summed E-state index contributed by atoms with van der Waals surface area (Å²) < 4.78 is 40.0. The third-order valence-corrected chi connectivity index (χ3v) is 6.53. The standard InChI is InChI=1S/C21H19F3N4O3S/c1-12-16-19(25-11-28(20(16)31)10-15(29)27-7-2-3-8-27)32-17(12)18(30)26-14-6-4-5-13(9-14)21(22,23)24/h4-6,9,11H,2-3,7-8,10H2,1H3,(H,26,30). The van der Waals surface area contributed by atoms with E-state index in [1.54, 1.807) is 11.8 Å². The van der Waals surface area contributed by atoms with Gasteiger partial charge in [-0.25, -0.2) is 4.98 Å². The van der Waals surface area contributed by atoms with Gasteiger partial charge in [0.05, 0.1) is 22.2 Å². The molecule has 0 atom stereocenters. The van der Waals surface area contributed by atoms with Crippen molar-refractivity contribution in [2.24, 2.45) is 0 Å². The summed E-state index contributed by atoms with van der Waals surface area (Å²) in [6, 6.07) is 4.31. The second kappa shape index (κ2) is 8.38. The highest BCUT2D eigenvalue weighted by Crippen LogP contribution is 2.32. The van der Waals surface area contributed by atoms with Gasteiger partial charge in [0.2, 0.25) is 5.91 Å². The van der Waals surface area contributed by atoms with Gasteiger partial charge in [-0.05, 0) is 43.5 Å². The van der Waals surface area contributed by atoms with Crippen molar-refractivity contribution in [3.63, 3.8) is 0 Å². The van der Waals surface area contributed by atoms with Crippen LogP contribution < -0.4 is 10.9 Å². The average molecular weight is 464 g/mol. The van der Waals surface area contributed by atoms with Crippen LogP contribution in [0.1, 0.15) is 33.6 Å². The highest BCUT2D eigenvalue weighted by Gasteiger charge is 2.30. The molecule has 0 unspecified atom stereocenters. The SMILES string of the molecule is Cc1c(C(=O)Nc2cccc(C(F)(F)F)c2)sc2ncn(CC(=O)N3CCCC3)c(=O)c12. The monoisotopic (exact) mass is 464 g/mol. The molecule has 1 saturated heterocycles. The fourth-order valence-electron chi connectivity index (χ4n) is 3.66. The summed E-state index contributed by atoms with van der Waals surface area (Å²) in [7, 11) is 0. The number of hydrogen-bond acceptors (Lipinski definition) is 5. The molecule has 3 aromatic rings. The number of likely N-dealkylation sites (tertiary alicyclic amines) is 1. The topological polar surface area (TPSA) is 84.3 Å². The Morgan fingerprint density at radius 2 is 1.94 bits per heavy atom. The Labute approximate surface area is 184 Å². The first-order chi connectivity index (χ1) is 15.1. The maximum atomic E-state index is 13.0. The zero-order valence-electron chi connectivity index (χ0n) is 17.0. The number of alkyl halides is 3. The molecule has 2 aromatic heterocycles. The number of fused-ring (bicyclic) bond motifs is 1. The quantitative estimate of drug-likeness (QED) is 0.639. The van der Waals surface area contributed by atoms with Gasteiger partial charge in [0.1, 0.15) is 11.4 Å². The van der Waals surface area contributed by atoms with Crippen LogP contribution in [0.5, 0.6) is 0 Å². The van der Waals surface area contributed by atoms with Crippen LogP contribution >= 0.6 is 11.3 Å². The third-order valence-electron chi connectivity index (χ3n) is 5.34. The van der Waals surface area contributed by atoms with E-state index in [1.165, 1.54) is 23.0 Å². The van der Waals surface area contributed by atoms with Crippen molar-refractivity contribution >= 4 is 39.1 Å². The summed E-state index contributed by atoms with van der Waals surface area (Å²) in [6.07, 6.45) is -1.38. The molecular weight excluding hydrogens is 445 g/mol. The summed E-state index contributed by atoms with van der Waals surface area (Å²) in [5.41, 5.74) is -0.955. The lowest BCUT2D eigenvalue weighted by Gasteiger charge is -2.15. The van der Waals surface area contributed by atoms with Crippen LogP contribution in [0.3, 0.4) is 0 Å². The molecule has 1 aliphatic rings. The van der Waals surface area contributed by atoms with Gasteiger partial charge in [0.15, 0.2) is 0 Å². The normalized spacial score (nSPS) is 14.2. The van der Waals surface area contributed by atoms with Crippen molar-refractivity contribution in [3.05, 3.63) is 57.0 Å². The molecule has 0 radical (unpaired) electrons. The molecular formula is C21H19F3N4O3S. The minimum atomic E-state index is -4.53. The summed E-state index contributed by atoms with van der Waals surface area (Å²) in [4.78, 5) is 44.5. The lowest BCUT2D eigenvalue weighted by molar-refractivity contribution is -0.137. The molecule has 4 rings (SSSR count). The molecule has 2 amide bonds. The Balaban J connectivity index is 1.61. The van der Waals surface area contributed by atoms with Gasteiger partial charge in [0, 0.05) is 18.8 Å². The van der Waals surface area contributed by atoms with Crippen LogP contribution in [-0.4, -0.2) is 39.4 Å². The first kappa shape index (κ1) is 22.0. The Bertz CT molecular complexity index is 1260. The van der Waals surface area contributed by atoms with Gasteiger partial charge in [-0.1, -0.05) is 6.07 Å². The van der Waals surface area contributed by atoms with Crippen LogP contribution in [0.2, 0.25) is 0 Å². The summed E-state index contributed by atoms with van der Waals surface area (Å²) in [5.74, 6) is -0.801. The molecule has 3 heterocycles. The molecule has 0 bridgehead atoms. The summed E-state index contributed by atoms with van der Waals surface area (Å²) in [5, 5.41) is 2.67. The van der Waals surface area contributed by atoms with Gasteiger partial charge in [-0.2, -0.15) is 13.2 Å². The first-order valence-electron chi connectivity index (χ1n) is 9.90. The lowest BCUT2D eigenvalue weighted by Crippen LogP contribution is -2.34. The van der Waals surface area contributed by atoms with Gasteiger partial charge in [0.25, 0.3) is 11.5 Å². The van der Waals surface area contributed by atoms with E-state index in [0.29, 0.717) is 23.5 Å². The number of benzene rings is 1.